The van der Waals surface area contributed by atoms with Crippen LogP contribution in [-0.2, 0) is 12.7 Å². The second-order valence-electron chi connectivity index (χ2n) is 6.21. The molecular formula is C19H17F3N2O2. The van der Waals surface area contributed by atoms with Crippen molar-refractivity contribution in [1.29, 1.82) is 0 Å². The zero-order valence-corrected chi connectivity index (χ0v) is 14.2. The summed E-state index contributed by atoms with van der Waals surface area (Å²) < 4.78 is 41.8. The van der Waals surface area contributed by atoms with Crippen molar-refractivity contribution in [1.82, 2.24) is 9.78 Å². The van der Waals surface area contributed by atoms with Gasteiger partial charge in [0.05, 0.1) is 17.6 Å². The lowest BCUT2D eigenvalue weighted by atomic mass is 10.0. The first-order valence-electron chi connectivity index (χ1n) is 7.91. The Balaban J connectivity index is 2.33. The second-order valence-corrected chi connectivity index (χ2v) is 6.21. The van der Waals surface area contributed by atoms with Crippen LogP contribution in [0.1, 0.15) is 19.4 Å². The molecule has 26 heavy (non-hydrogen) atoms. The molecule has 1 heterocycles. The Kier molecular flexibility index (Phi) is 4.39. The fourth-order valence-electron chi connectivity index (χ4n) is 2.79. The molecule has 0 saturated carbocycles. The van der Waals surface area contributed by atoms with E-state index in [1.165, 1.54) is 28.9 Å². The number of nitrogens with zero attached hydrogens (tertiary/aromatic N) is 2. The number of para-hydroxylation sites is 1. The zero-order valence-electron chi connectivity index (χ0n) is 14.2. The largest absolute Gasteiger partial charge is 0.508 e. The molecule has 136 valence electrons. The Labute approximate surface area is 147 Å². The number of benzene rings is 2. The normalized spacial score (nSPS) is 11.7. The predicted molar refractivity (Wildman–Crippen MR) is 92.9 cm³/mol. The van der Waals surface area contributed by atoms with Gasteiger partial charge in [-0.25, -0.2) is 0 Å². The third-order valence-electron chi connectivity index (χ3n) is 3.98. The van der Waals surface area contributed by atoms with Gasteiger partial charge in [0.2, 0.25) is 0 Å². The van der Waals surface area contributed by atoms with Crippen LogP contribution in [0, 0.1) is 0 Å². The minimum Gasteiger partial charge on any atom is -0.508 e. The molecule has 0 atom stereocenters. The summed E-state index contributed by atoms with van der Waals surface area (Å²) in [5.74, 6) is -0.397. The molecular weight excluding hydrogens is 345 g/mol. The molecule has 0 aliphatic carbocycles. The van der Waals surface area contributed by atoms with Gasteiger partial charge < -0.3 is 10.2 Å². The highest BCUT2D eigenvalue weighted by Gasteiger charge is 2.35. The van der Waals surface area contributed by atoms with Crippen LogP contribution in [0.2, 0.25) is 0 Å². The first-order chi connectivity index (χ1) is 12.2. The molecule has 0 aliphatic heterocycles. The Morgan fingerprint density at radius 3 is 2.50 bits per heavy atom. The molecule has 0 saturated heterocycles. The molecule has 4 nitrogen and oxygen atoms in total. The maximum atomic E-state index is 13.5. The number of hydrogen-bond acceptors (Lipinski definition) is 3. The highest BCUT2D eigenvalue weighted by Crippen LogP contribution is 2.40. The van der Waals surface area contributed by atoms with Crippen molar-refractivity contribution in [2.75, 3.05) is 0 Å². The summed E-state index contributed by atoms with van der Waals surface area (Å²) in [7, 11) is 0. The molecule has 0 amide bonds. The summed E-state index contributed by atoms with van der Waals surface area (Å²) in [5.41, 5.74) is 0.607. The van der Waals surface area contributed by atoms with E-state index in [9.17, 15) is 23.4 Å². The van der Waals surface area contributed by atoms with Crippen LogP contribution in [0.4, 0.5) is 13.2 Å². The summed E-state index contributed by atoms with van der Waals surface area (Å²) >= 11 is 0. The van der Waals surface area contributed by atoms with Crippen LogP contribution in [0.25, 0.3) is 22.2 Å². The first-order valence-corrected chi connectivity index (χ1v) is 7.91. The minimum atomic E-state index is -4.53. The summed E-state index contributed by atoms with van der Waals surface area (Å²) in [4.78, 5) is 0. The van der Waals surface area contributed by atoms with Crippen molar-refractivity contribution in [2.24, 2.45) is 0 Å². The molecule has 0 fully saturated rings. The van der Waals surface area contributed by atoms with Crippen LogP contribution in [0.5, 0.6) is 11.5 Å². The van der Waals surface area contributed by atoms with Gasteiger partial charge >= 0.3 is 6.18 Å². The van der Waals surface area contributed by atoms with E-state index < -0.39 is 11.7 Å². The van der Waals surface area contributed by atoms with Gasteiger partial charge in [-0.2, -0.15) is 18.3 Å². The second kappa shape index (κ2) is 6.40. The van der Waals surface area contributed by atoms with E-state index in [1.807, 2.05) is 13.8 Å². The predicted octanol–water partition coefficient (Wildman–Crippen LogP) is 5.10. The average Bonchev–Trinajstić information content (AvgIpc) is 2.90. The molecule has 3 rings (SSSR count). The lowest BCUT2D eigenvalue weighted by Gasteiger charge is -2.10. The molecule has 2 aromatic carbocycles. The van der Waals surface area contributed by atoms with Crippen molar-refractivity contribution in [3.8, 4) is 22.8 Å². The third kappa shape index (κ3) is 3.24. The number of halogens is 3. The number of aromatic hydroxyl groups is 2. The maximum absolute atomic E-state index is 13.5. The van der Waals surface area contributed by atoms with Gasteiger partial charge in [-0.3, -0.25) is 4.68 Å². The monoisotopic (exact) mass is 362 g/mol. The molecule has 0 aliphatic rings. The lowest BCUT2D eigenvalue weighted by Crippen LogP contribution is -2.09. The molecule has 7 heteroatoms. The summed E-state index contributed by atoms with van der Waals surface area (Å²) in [6.07, 6.45) is -2.75. The van der Waals surface area contributed by atoms with Crippen LogP contribution < -0.4 is 0 Å². The third-order valence-corrected chi connectivity index (χ3v) is 3.98. The smallest absolute Gasteiger partial charge is 0.418 e. The van der Waals surface area contributed by atoms with Gasteiger partial charge in [0, 0.05) is 17.0 Å². The number of alkyl halides is 3. The average molecular weight is 362 g/mol. The van der Waals surface area contributed by atoms with Gasteiger partial charge in [0.25, 0.3) is 0 Å². The Bertz CT molecular complexity index is 1000. The van der Waals surface area contributed by atoms with E-state index in [0.717, 1.165) is 17.7 Å². The van der Waals surface area contributed by atoms with Gasteiger partial charge in [-0.05, 0) is 32.0 Å². The standard InChI is InChI=1S/C19H17F3N2O2/c1-11(2)8-9-24-18-14(4-3-5-15(18)19(20,21)22)17(23-24)13-7-6-12(25)10-16(13)26/h3-8,10,25-26H,9H2,1-2H3. The molecule has 0 radical (unpaired) electrons. The van der Waals surface area contributed by atoms with E-state index in [4.69, 9.17) is 0 Å². The molecule has 0 unspecified atom stereocenters. The van der Waals surface area contributed by atoms with Gasteiger partial charge in [-0.15, -0.1) is 0 Å². The highest BCUT2D eigenvalue weighted by molar-refractivity contribution is 5.96. The van der Waals surface area contributed by atoms with E-state index in [0.29, 0.717) is 0 Å². The fourth-order valence-corrected chi connectivity index (χ4v) is 2.79. The Morgan fingerprint density at radius 2 is 1.88 bits per heavy atom. The molecule has 2 N–H and O–H groups in total. The number of rotatable bonds is 3. The van der Waals surface area contributed by atoms with Crippen LogP contribution in [0.15, 0.2) is 48.0 Å². The first kappa shape index (κ1) is 17.8. The fraction of sp³-hybridized carbons (Fsp3) is 0.211. The maximum Gasteiger partial charge on any atom is 0.418 e. The molecule has 0 spiro atoms. The van der Waals surface area contributed by atoms with Gasteiger partial charge in [0.15, 0.2) is 0 Å². The topological polar surface area (TPSA) is 58.3 Å². The van der Waals surface area contributed by atoms with E-state index in [-0.39, 0.29) is 40.2 Å². The Hall–Kier alpha value is -2.96. The van der Waals surface area contributed by atoms with Crippen LogP contribution in [0.3, 0.4) is 0 Å². The van der Waals surface area contributed by atoms with E-state index in [2.05, 4.69) is 5.10 Å². The number of fused-ring (bicyclic) bond motifs is 1. The van der Waals surface area contributed by atoms with Crippen molar-refractivity contribution >= 4 is 10.9 Å². The summed E-state index contributed by atoms with van der Waals surface area (Å²) in [6.45, 7) is 3.87. The highest BCUT2D eigenvalue weighted by atomic mass is 19.4. The number of phenolic OH excluding ortho intramolecular Hbond substituents is 2. The number of phenols is 2. The quantitative estimate of drug-likeness (QED) is 0.638. The molecule has 0 bridgehead atoms. The number of hydrogen-bond donors (Lipinski definition) is 2. The van der Waals surface area contributed by atoms with Crippen molar-refractivity contribution in [3.63, 3.8) is 0 Å². The summed E-state index contributed by atoms with van der Waals surface area (Å²) in [6, 6.07) is 7.78. The van der Waals surface area contributed by atoms with Crippen molar-refractivity contribution < 1.29 is 23.4 Å². The summed E-state index contributed by atoms with van der Waals surface area (Å²) in [5, 5.41) is 24.2. The molecule has 3 aromatic rings. The van der Waals surface area contributed by atoms with E-state index >= 15 is 0 Å². The lowest BCUT2D eigenvalue weighted by molar-refractivity contribution is -0.136. The van der Waals surface area contributed by atoms with Gasteiger partial charge in [0.1, 0.15) is 17.2 Å². The number of allylic oxidation sites excluding steroid dienone is 2. The van der Waals surface area contributed by atoms with Crippen LogP contribution in [-0.4, -0.2) is 20.0 Å². The van der Waals surface area contributed by atoms with Gasteiger partial charge in [-0.1, -0.05) is 23.8 Å². The minimum absolute atomic E-state index is 0.0417. The van der Waals surface area contributed by atoms with E-state index in [1.54, 1.807) is 6.08 Å². The van der Waals surface area contributed by atoms with Crippen molar-refractivity contribution in [3.05, 3.63) is 53.6 Å². The van der Waals surface area contributed by atoms with Crippen molar-refractivity contribution in [2.45, 2.75) is 26.6 Å². The zero-order chi connectivity index (χ0) is 19.1. The number of aromatic nitrogens is 2. The SMILES string of the molecule is CC(C)=CCn1nc(-c2ccc(O)cc2O)c2cccc(C(F)(F)F)c21. The van der Waals surface area contributed by atoms with Crippen LogP contribution >= 0.6 is 0 Å². The Morgan fingerprint density at radius 1 is 1.15 bits per heavy atom. The molecule has 1 aromatic heterocycles.